The van der Waals surface area contributed by atoms with Gasteiger partial charge in [-0.25, -0.2) is 8.78 Å². The quantitative estimate of drug-likeness (QED) is 0.154. The van der Waals surface area contributed by atoms with Gasteiger partial charge in [0.15, 0.2) is 0 Å². The zero-order chi connectivity index (χ0) is 43.2. The van der Waals surface area contributed by atoms with Crippen LogP contribution in [0.15, 0.2) is 231 Å². The van der Waals surface area contributed by atoms with E-state index in [0.717, 1.165) is 61.1 Å². The van der Waals surface area contributed by atoms with E-state index >= 15 is 0 Å². The molecule has 65 heavy (non-hydrogen) atoms. The molecule has 0 unspecified atom stereocenters. The number of hydrogen-bond acceptors (Lipinski definition) is 2. The van der Waals surface area contributed by atoms with Crippen LogP contribution < -0.4 is 9.80 Å². The fraction of sp³-hybridized carbons (Fsp3) is 0.0164. The molecule has 0 saturated heterocycles. The van der Waals surface area contributed by atoms with Crippen molar-refractivity contribution in [3.63, 3.8) is 0 Å². The van der Waals surface area contributed by atoms with Crippen molar-refractivity contribution in [1.82, 2.24) is 0 Å². The van der Waals surface area contributed by atoms with Crippen LogP contribution in [0.1, 0.15) is 22.3 Å². The Labute approximate surface area is 375 Å². The Morgan fingerprint density at radius 3 is 1.35 bits per heavy atom. The lowest BCUT2D eigenvalue weighted by molar-refractivity contribution is 0.627. The zero-order valence-corrected chi connectivity index (χ0v) is 35.1. The summed E-state index contributed by atoms with van der Waals surface area (Å²) in [6, 6.07) is 79.1. The van der Waals surface area contributed by atoms with Crippen LogP contribution in [0.25, 0.3) is 54.6 Å². The van der Waals surface area contributed by atoms with E-state index in [-0.39, 0.29) is 11.6 Å². The first-order valence-corrected chi connectivity index (χ1v) is 22.1. The van der Waals surface area contributed by atoms with Crippen LogP contribution in [0.4, 0.5) is 42.9 Å². The van der Waals surface area contributed by atoms with E-state index in [1.54, 1.807) is 12.1 Å². The summed E-state index contributed by atoms with van der Waals surface area (Å²) in [5.74, 6) is -0.551. The van der Waals surface area contributed by atoms with Crippen LogP contribution in [0.5, 0.6) is 0 Å². The minimum atomic E-state index is -0.691. The molecule has 0 amide bonds. The standard InChI is InChI=1S/C61H38F2N2/c62-39-27-31-43(32-28-39)64(41-15-3-1-4-16-41)45-35-36-52-53(37-45)46-19-7-9-23-50(46)58-54-38-57(65(42-17-5-2-6-18-42)44-33-29-40(63)30-34-44)49-22-8-10-24-51(49)59(54)61(60(52)58)55-25-13-11-20-47(55)48-21-12-14-26-56(48)61/h1-38H. The van der Waals surface area contributed by atoms with Crippen molar-refractivity contribution >= 4 is 66.4 Å². The number of fused-ring (bicyclic) bond motifs is 17. The van der Waals surface area contributed by atoms with Gasteiger partial charge in [-0.2, -0.15) is 0 Å². The first kappa shape index (κ1) is 37.2. The first-order valence-electron chi connectivity index (χ1n) is 22.1. The summed E-state index contributed by atoms with van der Waals surface area (Å²) in [7, 11) is 0. The maximum atomic E-state index is 14.7. The summed E-state index contributed by atoms with van der Waals surface area (Å²) < 4.78 is 29.1. The SMILES string of the molecule is Fc1ccc(N(c2ccccc2)c2ccc3c4c(c5ccccc5c3c2)-c2cc(N(c3ccccc3)c3ccc(F)cc3)c3ccccc3c2C42c3ccccc3-c3ccccc32)cc1. The molecule has 4 heteroatoms. The maximum absolute atomic E-state index is 14.7. The lowest BCUT2D eigenvalue weighted by Crippen LogP contribution is -2.26. The number of anilines is 6. The van der Waals surface area contributed by atoms with Gasteiger partial charge < -0.3 is 9.80 Å². The summed E-state index contributed by atoms with van der Waals surface area (Å²) in [5, 5.41) is 6.87. The van der Waals surface area contributed by atoms with Gasteiger partial charge >= 0.3 is 0 Å². The Bertz CT molecular complexity index is 3630. The molecule has 0 N–H and O–H groups in total. The van der Waals surface area contributed by atoms with Crippen molar-refractivity contribution in [1.29, 1.82) is 0 Å². The lowest BCUT2D eigenvalue weighted by Gasteiger charge is -2.34. The highest BCUT2D eigenvalue weighted by Crippen LogP contribution is 2.67. The van der Waals surface area contributed by atoms with Gasteiger partial charge in [-0.1, -0.05) is 140 Å². The molecule has 13 rings (SSSR count). The van der Waals surface area contributed by atoms with Crippen LogP contribution in [0, 0.1) is 11.6 Å². The molecule has 0 heterocycles. The molecule has 2 aliphatic rings. The normalized spacial score (nSPS) is 12.9. The van der Waals surface area contributed by atoms with Crippen LogP contribution in [-0.2, 0) is 5.41 Å². The van der Waals surface area contributed by atoms with Gasteiger partial charge in [0.25, 0.3) is 0 Å². The molecule has 0 bridgehead atoms. The van der Waals surface area contributed by atoms with Gasteiger partial charge in [-0.05, 0) is 162 Å². The topological polar surface area (TPSA) is 6.48 Å². The van der Waals surface area contributed by atoms with E-state index in [1.807, 2.05) is 48.5 Å². The number of rotatable bonds is 6. The summed E-state index contributed by atoms with van der Waals surface area (Å²) >= 11 is 0. The van der Waals surface area contributed by atoms with Crippen molar-refractivity contribution < 1.29 is 8.78 Å². The summed E-state index contributed by atoms with van der Waals surface area (Å²) in [5.41, 5.74) is 14.9. The zero-order valence-electron chi connectivity index (χ0n) is 35.1. The average Bonchev–Trinajstić information content (AvgIpc) is 3.84. The Hall–Kier alpha value is -8.34. The molecule has 11 aromatic carbocycles. The Morgan fingerprint density at radius 1 is 0.292 bits per heavy atom. The molecule has 0 saturated carbocycles. The van der Waals surface area contributed by atoms with E-state index in [0.29, 0.717) is 0 Å². The Balaban J connectivity index is 1.20. The second-order valence-corrected chi connectivity index (χ2v) is 17.0. The molecular formula is C61H38F2N2. The van der Waals surface area contributed by atoms with Gasteiger partial charge in [0.2, 0.25) is 0 Å². The van der Waals surface area contributed by atoms with E-state index in [9.17, 15) is 8.78 Å². The predicted octanol–water partition coefficient (Wildman–Crippen LogP) is 16.7. The number of nitrogens with zero attached hydrogens (tertiary/aromatic N) is 2. The average molecular weight is 837 g/mol. The molecule has 2 nitrogen and oxygen atoms in total. The fourth-order valence-corrected chi connectivity index (χ4v) is 11.2. The van der Waals surface area contributed by atoms with E-state index < -0.39 is 5.41 Å². The fourth-order valence-electron chi connectivity index (χ4n) is 11.2. The van der Waals surface area contributed by atoms with Gasteiger partial charge in [0.1, 0.15) is 11.6 Å². The molecular weight excluding hydrogens is 799 g/mol. The minimum Gasteiger partial charge on any atom is -0.310 e. The number of hydrogen-bond donors (Lipinski definition) is 0. The lowest BCUT2D eigenvalue weighted by atomic mass is 9.68. The summed E-state index contributed by atoms with van der Waals surface area (Å²) in [4.78, 5) is 4.48. The minimum absolute atomic E-state index is 0.274. The highest BCUT2D eigenvalue weighted by Gasteiger charge is 2.54. The third-order valence-corrected chi connectivity index (χ3v) is 13.7. The number of para-hydroxylation sites is 2. The van der Waals surface area contributed by atoms with Crippen molar-refractivity contribution in [2.75, 3.05) is 9.80 Å². The Kier molecular flexibility index (Phi) is 8.22. The Morgan fingerprint density at radius 2 is 0.738 bits per heavy atom. The predicted molar refractivity (Wildman–Crippen MR) is 265 cm³/mol. The van der Waals surface area contributed by atoms with Gasteiger partial charge in [-0.3, -0.25) is 0 Å². The highest BCUT2D eigenvalue weighted by atomic mass is 19.1. The molecule has 1 spiro atoms. The molecule has 306 valence electrons. The van der Waals surface area contributed by atoms with Crippen molar-refractivity contribution in [3.8, 4) is 22.3 Å². The number of benzene rings is 11. The van der Waals surface area contributed by atoms with Crippen LogP contribution >= 0.6 is 0 Å². The second kappa shape index (κ2) is 14.3. The maximum Gasteiger partial charge on any atom is 0.123 e. The molecule has 0 aliphatic heterocycles. The van der Waals surface area contributed by atoms with Gasteiger partial charge in [0.05, 0.1) is 11.1 Å². The first-order chi connectivity index (χ1) is 32.1. The van der Waals surface area contributed by atoms with Gasteiger partial charge in [0, 0.05) is 33.8 Å². The van der Waals surface area contributed by atoms with Crippen molar-refractivity contribution in [2.45, 2.75) is 5.41 Å². The smallest absolute Gasteiger partial charge is 0.123 e. The van der Waals surface area contributed by atoms with Crippen molar-refractivity contribution in [2.24, 2.45) is 0 Å². The highest BCUT2D eigenvalue weighted by molar-refractivity contribution is 6.23. The monoisotopic (exact) mass is 836 g/mol. The third kappa shape index (κ3) is 5.38. The molecule has 0 fully saturated rings. The van der Waals surface area contributed by atoms with Crippen molar-refractivity contribution in [3.05, 3.63) is 264 Å². The third-order valence-electron chi connectivity index (χ3n) is 13.7. The van der Waals surface area contributed by atoms with E-state index in [2.05, 4.69) is 168 Å². The molecule has 2 aliphatic carbocycles. The van der Waals surface area contributed by atoms with Crippen LogP contribution in [0.3, 0.4) is 0 Å². The number of halogens is 2. The summed E-state index contributed by atoms with van der Waals surface area (Å²) in [6.07, 6.45) is 0. The summed E-state index contributed by atoms with van der Waals surface area (Å²) in [6.45, 7) is 0. The second-order valence-electron chi connectivity index (χ2n) is 17.0. The molecule has 11 aromatic rings. The largest absolute Gasteiger partial charge is 0.310 e. The van der Waals surface area contributed by atoms with Crippen LogP contribution in [0.2, 0.25) is 0 Å². The van der Waals surface area contributed by atoms with E-state index in [4.69, 9.17) is 0 Å². The van der Waals surface area contributed by atoms with Crippen LogP contribution in [-0.4, -0.2) is 0 Å². The van der Waals surface area contributed by atoms with E-state index in [1.165, 1.54) is 62.0 Å². The molecule has 0 radical (unpaired) electrons. The molecule has 0 aromatic heterocycles. The molecule has 0 atom stereocenters. The van der Waals surface area contributed by atoms with Gasteiger partial charge in [-0.15, -0.1) is 0 Å².